The van der Waals surface area contributed by atoms with E-state index < -0.39 is 15.6 Å². The molecule has 0 atom stereocenters. The average Bonchev–Trinajstić information content (AvgIpc) is 2.72. The van der Waals surface area contributed by atoms with Gasteiger partial charge in [-0.05, 0) is 26.7 Å². The van der Waals surface area contributed by atoms with Crippen molar-refractivity contribution in [1.82, 2.24) is 14.1 Å². The molecule has 1 aliphatic rings. The minimum atomic E-state index is -3.58. The second-order valence-corrected chi connectivity index (χ2v) is 7.99. The highest BCUT2D eigenvalue weighted by Gasteiger charge is 2.43. The summed E-state index contributed by atoms with van der Waals surface area (Å²) in [5, 5.41) is 4.23. The Balaban J connectivity index is 2.47. The molecule has 21 heavy (non-hydrogen) atoms. The molecule has 1 fully saturated rings. The van der Waals surface area contributed by atoms with Crippen molar-refractivity contribution in [3.63, 3.8) is 0 Å². The molecular weight excluding hydrogens is 288 g/mol. The van der Waals surface area contributed by atoms with Gasteiger partial charge in [0.15, 0.2) is 0 Å². The molecular formula is C14H26N4O2S. The number of aromatic nitrogens is 2. The number of nitrogens with two attached hydrogens (primary N) is 1. The highest BCUT2D eigenvalue weighted by Crippen LogP contribution is 2.36. The van der Waals surface area contributed by atoms with Gasteiger partial charge in [0.1, 0.15) is 4.90 Å². The van der Waals surface area contributed by atoms with Gasteiger partial charge in [-0.1, -0.05) is 19.3 Å². The summed E-state index contributed by atoms with van der Waals surface area (Å²) in [6.45, 7) is 3.89. The highest BCUT2D eigenvalue weighted by molar-refractivity contribution is 7.89. The van der Waals surface area contributed by atoms with Crippen molar-refractivity contribution in [2.45, 2.75) is 56.4 Å². The minimum absolute atomic E-state index is 0.325. The van der Waals surface area contributed by atoms with Crippen LogP contribution in [0.3, 0.4) is 0 Å². The summed E-state index contributed by atoms with van der Waals surface area (Å²) in [7, 11) is -0.149. The van der Waals surface area contributed by atoms with Gasteiger partial charge in [-0.25, -0.2) is 8.42 Å². The maximum Gasteiger partial charge on any atom is 0.247 e. The third kappa shape index (κ3) is 2.62. The number of aryl methyl sites for hydroxylation is 2. The Morgan fingerprint density at radius 1 is 1.29 bits per heavy atom. The molecule has 0 saturated heterocycles. The Kier molecular flexibility index (Phi) is 4.46. The van der Waals surface area contributed by atoms with E-state index in [9.17, 15) is 8.42 Å². The fraction of sp³-hybridized carbons (Fsp3) is 0.786. The van der Waals surface area contributed by atoms with Gasteiger partial charge in [-0.3, -0.25) is 4.68 Å². The van der Waals surface area contributed by atoms with Gasteiger partial charge in [0, 0.05) is 26.2 Å². The predicted octanol–water partition coefficient (Wildman–Crippen LogP) is 1.32. The number of hydrogen-bond donors (Lipinski definition) is 1. The molecule has 1 aromatic heterocycles. The molecule has 0 radical (unpaired) electrons. The summed E-state index contributed by atoms with van der Waals surface area (Å²) < 4.78 is 29.3. The van der Waals surface area contributed by atoms with Crippen LogP contribution in [0.2, 0.25) is 0 Å². The van der Waals surface area contributed by atoms with Crippen molar-refractivity contribution in [1.29, 1.82) is 0 Å². The summed E-state index contributed by atoms with van der Waals surface area (Å²) in [6.07, 6.45) is 4.87. The largest absolute Gasteiger partial charge is 0.329 e. The van der Waals surface area contributed by atoms with E-state index in [-0.39, 0.29) is 0 Å². The molecule has 7 heteroatoms. The molecule has 6 nitrogen and oxygen atoms in total. The monoisotopic (exact) mass is 314 g/mol. The first-order valence-corrected chi connectivity index (χ1v) is 8.89. The molecule has 0 aromatic carbocycles. The molecule has 1 saturated carbocycles. The van der Waals surface area contributed by atoms with Crippen LogP contribution in [0.5, 0.6) is 0 Å². The van der Waals surface area contributed by atoms with E-state index in [1.165, 1.54) is 4.31 Å². The molecule has 2 N–H and O–H groups in total. The summed E-state index contributed by atoms with van der Waals surface area (Å²) in [5.41, 5.74) is 6.73. The Morgan fingerprint density at radius 2 is 1.86 bits per heavy atom. The van der Waals surface area contributed by atoms with Crippen LogP contribution in [0.15, 0.2) is 4.90 Å². The normalized spacial score (nSPS) is 19.1. The number of sulfonamides is 1. The minimum Gasteiger partial charge on any atom is -0.329 e. The lowest BCUT2D eigenvalue weighted by Crippen LogP contribution is -2.55. The van der Waals surface area contributed by atoms with Gasteiger partial charge in [0.2, 0.25) is 10.0 Å². The van der Waals surface area contributed by atoms with E-state index in [2.05, 4.69) is 5.10 Å². The van der Waals surface area contributed by atoms with Crippen LogP contribution in [0.4, 0.5) is 0 Å². The molecule has 0 amide bonds. The van der Waals surface area contributed by atoms with Crippen molar-refractivity contribution in [2.75, 3.05) is 13.6 Å². The van der Waals surface area contributed by atoms with E-state index in [4.69, 9.17) is 5.73 Å². The van der Waals surface area contributed by atoms with Crippen LogP contribution in [0.1, 0.15) is 43.5 Å². The zero-order valence-corrected chi connectivity index (χ0v) is 14.2. The maximum atomic E-state index is 13.1. The van der Waals surface area contributed by atoms with Gasteiger partial charge in [0.05, 0.1) is 11.4 Å². The van der Waals surface area contributed by atoms with E-state index >= 15 is 0 Å². The van der Waals surface area contributed by atoms with Gasteiger partial charge in [-0.15, -0.1) is 0 Å². The van der Waals surface area contributed by atoms with E-state index in [0.29, 0.717) is 22.8 Å². The van der Waals surface area contributed by atoms with Crippen molar-refractivity contribution in [3.8, 4) is 0 Å². The summed E-state index contributed by atoms with van der Waals surface area (Å²) in [4.78, 5) is 0.325. The quantitative estimate of drug-likeness (QED) is 0.909. The van der Waals surface area contributed by atoms with Gasteiger partial charge in [0.25, 0.3) is 0 Å². The first-order chi connectivity index (χ1) is 9.76. The standard InChI is InChI=1S/C14H26N4O2S/c1-11-13(12(2)17(3)16-11)21(19,20)18(4)14(10-15)8-6-5-7-9-14/h5-10,15H2,1-4H3. The van der Waals surface area contributed by atoms with Crippen molar-refractivity contribution in [3.05, 3.63) is 11.4 Å². The highest BCUT2D eigenvalue weighted by atomic mass is 32.2. The Labute approximate surface area is 127 Å². The van der Waals surface area contributed by atoms with Crippen molar-refractivity contribution >= 4 is 10.0 Å². The predicted molar refractivity (Wildman–Crippen MR) is 82.5 cm³/mol. The van der Waals surface area contributed by atoms with Crippen molar-refractivity contribution < 1.29 is 8.42 Å². The van der Waals surface area contributed by atoms with Gasteiger partial charge >= 0.3 is 0 Å². The lowest BCUT2D eigenvalue weighted by atomic mass is 9.82. The summed E-state index contributed by atoms with van der Waals surface area (Å²) in [6, 6.07) is 0. The fourth-order valence-corrected chi connectivity index (χ4v) is 5.34. The van der Waals surface area contributed by atoms with Gasteiger partial charge in [-0.2, -0.15) is 9.40 Å². The third-order valence-electron chi connectivity index (χ3n) is 4.89. The molecule has 2 rings (SSSR count). The van der Waals surface area contributed by atoms with E-state index in [1.807, 2.05) is 0 Å². The lowest BCUT2D eigenvalue weighted by molar-refractivity contribution is 0.159. The fourth-order valence-electron chi connectivity index (χ4n) is 3.38. The summed E-state index contributed by atoms with van der Waals surface area (Å²) >= 11 is 0. The van der Waals surface area contributed by atoms with Crippen molar-refractivity contribution in [2.24, 2.45) is 12.8 Å². The molecule has 0 spiro atoms. The molecule has 120 valence electrons. The average molecular weight is 314 g/mol. The Bertz CT molecular complexity index is 615. The van der Waals surface area contributed by atoms with Crippen LogP contribution >= 0.6 is 0 Å². The van der Waals surface area contributed by atoms with E-state index in [1.54, 1.807) is 32.6 Å². The lowest BCUT2D eigenvalue weighted by Gasteiger charge is -2.43. The smallest absolute Gasteiger partial charge is 0.247 e. The Hall–Kier alpha value is -0.920. The number of likely N-dealkylation sites (N-methyl/N-ethyl adjacent to an activating group) is 1. The number of rotatable bonds is 4. The van der Waals surface area contributed by atoms with Crippen LogP contribution in [0, 0.1) is 13.8 Å². The zero-order valence-electron chi connectivity index (χ0n) is 13.4. The van der Waals surface area contributed by atoms with Gasteiger partial charge < -0.3 is 5.73 Å². The van der Waals surface area contributed by atoms with Crippen LogP contribution in [-0.4, -0.2) is 41.6 Å². The molecule has 1 heterocycles. The van der Waals surface area contributed by atoms with Crippen LogP contribution in [0.25, 0.3) is 0 Å². The first-order valence-electron chi connectivity index (χ1n) is 7.45. The third-order valence-corrected chi connectivity index (χ3v) is 7.11. The second kappa shape index (κ2) is 5.70. The molecule has 0 bridgehead atoms. The topological polar surface area (TPSA) is 81.2 Å². The van der Waals surface area contributed by atoms with Crippen LogP contribution in [-0.2, 0) is 17.1 Å². The van der Waals surface area contributed by atoms with E-state index in [0.717, 1.165) is 32.1 Å². The zero-order chi connectivity index (χ0) is 15.8. The van der Waals surface area contributed by atoms with Crippen LogP contribution < -0.4 is 5.73 Å². The maximum absolute atomic E-state index is 13.1. The SMILES string of the molecule is Cc1nn(C)c(C)c1S(=O)(=O)N(C)C1(CN)CCCCC1. The Morgan fingerprint density at radius 3 is 2.29 bits per heavy atom. The molecule has 0 unspecified atom stereocenters. The number of hydrogen-bond acceptors (Lipinski definition) is 4. The first kappa shape index (κ1) is 16.5. The summed E-state index contributed by atoms with van der Waals surface area (Å²) in [5.74, 6) is 0. The number of nitrogens with zero attached hydrogens (tertiary/aromatic N) is 3. The molecule has 1 aromatic rings. The molecule has 1 aliphatic carbocycles. The molecule has 0 aliphatic heterocycles. The second-order valence-electron chi connectivity index (χ2n) is 6.09.